The molecular weight excluding hydrogens is 537 g/mol. The van der Waals surface area contributed by atoms with Crippen molar-refractivity contribution in [1.29, 1.82) is 0 Å². The summed E-state index contributed by atoms with van der Waals surface area (Å²) in [5.41, 5.74) is 6.13. The molecule has 1 aromatic carbocycles. The average molecular weight is 558 g/mol. The van der Waals surface area contributed by atoms with Gasteiger partial charge in [-0.05, 0) is 36.1 Å². The Labute approximate surface area is 214 Å². The number of para-hydroxylation sites is 1. The second-order valence-electron chi connectivity index (χ2n) is 7.83. The fourth-order valence-corrected chi connectivity index (χ4v) is 4.41. The molecule has 3 aromatic heterocycles. The minimum absolute atomic E-state index is 0.144. The zero-order valence-electron chi connectivity index (χ0n) is 19.6. The van der Waals surface area contributed by atoms with E-state index in [-0.39, 0.29) is 30.8 Å². The second kappa shape index (κ2) is 11.5. The number of hydrogen-bond acceptors (Lipinski definition) is 6. The Bertz CT molecular complexity index is 1610. The number of rotatable bonds is 6. The van der Waals surface area contributed by atoms with E-state index in [1.165, 1.54) is 28.3 Å². The zero-order valence-corrected chi connectivity index (χ0v) is 20.4. The second-order valence-corrected chi connectivity index (χ2v) is 8.98. The molecule has 0 atom stereocenters. The minimum atomic E-state index is -5.08. The molecule has 0 aliphatic carbocycles. The van der Waals surface area contributed by atoms with E-state index in [4.69, 9.17) is 15.6 Å². The van der Waals surface area contributed by atoms with Crippen LogP contribution in [0.1, 0.15) is 10.4 Å². The highest BCUT2D eigenvalue weighted by Gasteiger charge is 2.38. The van der Waals surface area contributed by atoms with Gasteiger partial charge in [-0.2, -0.15) is 27.1 Å². The third-order valence-electron chi connectivity index (χ3n) is 5.21. The summed E-state index contributed by atoms with van der Waals surface area (Å²) in [4.78, 5) is 34.8. The summed E-state index contributed by atoms with van der Waals surface area (Å²) in [6.45, 7) is 1.45. The molecule has 0 aliphatic rings. The predicted molar refractivity (Wildman–Crippen MR) is 130 cm³/mol. The van der Waals surface area contributed by atoms with E-state index in [1.807, 2.05) is 37.3 Å². The van der Waals surface area contributed by atoms with Gasteiger partial charge in [0.15, 0.2) is 0 Å². The number of aromatic nitrogens is 4. The molecule has 4 aromatic rings. The zero-order chi connectivity index (χ0) is 28.2. The average Bonchev–Trinajstić information content (AvgIpc) is 3.44. The monoisotopic (exact) mass is 557 g/mol. The lowest BCUT2D eigenvalue weighted by Crippen LogP contribution is -2.27. The number of nitrogens with zero attached hydrogens (tertiary/aromatic N) is 4. The number of alkyl halides is 3. The summed E-state index contributed by atoms with van der Waals surface area (Å²) in [5, 5.41) is 12.7. The Kier molecular flexibility index (Phi) is 8.63. The fourth-order valence-electron chi connectivity index (χ4n) is 3.40. The molecule has 4 rings (SSSR count). The summed E-state index contributed by atoms with van der Waals surface area (Å²) in [6, 6.07) is 12.8. The van der Waals surface area contributed by atoms with Crippen molar-refractivity contribution in [2.24, 2.45) is 5.73 Å². The highest BCUT2D eigenvalue weighted by molar-refractivity contribution is 7.14. The largest absolute Gasteiger partial charge is 0.490 e. The predicted octanol–water partition coefficient (Wildman–Crippen LogP) is 3.51. The molecule has 38 heavy (non-hydrogen) atoms. The molecule has 9 nitrogen and oxygen atoms in total. The number of hydrogen-bond donors (Lipinski definition) is 2. The number of pyridine rings is 1. The molecule has 202 valence electrons. The van der Waals surface area contributed by atoms with Crippen LogP contribution in [0.25, 0.3) is 15.9 Å². The lowest BCUT2D eigenvalue weighted by atomic mass is 10.1. The van der Waals surface area contributed by atoms with Gasteiger partial charge in [0.2, 0.25) is 0 Å². The normalized spacial score (nSPS) is 11.2. The molecule has 0 unspecified atom stereocenters. The molecule has 3 heterocycles. The lowest BCUT2D eigenvalue weighted by Gasteiger charge is -2.10. The molecule has 0 fully saturated rings. The number of nitrogens with two attached hydrogens (primary N) is 1. The van der Waals surface area contributed by atoms with Crippen molar-refractivity contribution in [3.8, 4) is 5.00 Å². The number of carboxylic acids is 1. The van der Waals surface area contributed by atoms with Crippen molar-refractivity contribution < 1.29 is 31.9 Å². The Morgan fingerprint density at radius 1 is 1.11 bits per heavy atom. The van der Waals surface area contributed by atoms with E-state index >= 15 is 0 Å². The smallest absolute Gasteiger partial charge is 0.475 e. The van der Waals surface area contributed by atoms with E-state index in [1.54, 1.807) is 10.6 Å². The molecule has 0 spiro atoms. The number of carboxylic acid groups (broad SMARTS) is 1. The molecular formula is C23H20F5N5O4S. The quantitative estimate of drug-likeness (QED) is 0.350. The molecule has 0 saturated heterocycles. The van der Waals surface area contributed by atoms with Crippen LogP contribution in [0.3, 0.4) is 0 Å². The summed E-state index contributed by atoms with van der Waals surface area (Å²) in [7, 11) is 0. The fraction of sp³-hybridized carbons (Fsp3) is 0.217. The van der Waals surface area contributed by atoms with E-state index in [0.29, 0.717) is 0 Å². The number of fused-ring (bicyclic) bond motifs is 1. The maximum Gasteiger partial charge on any atom is 0.490 e. The van der Waals surface area contributed by atoms with Crippen molar-refractivity contribution in [3.63, 3.8) is 0 Å². The van der Waals surface area contributed by atoms with E-state index in [9.17, 15) is 31.5 Å². The van der Waals surface area contributed by atoms with Gasteiger partial charge < -0.3 is 10.8 Å². The van der Waals surface area contributed by atoms with E-state index < -0.39 is 23.9 Å². The van der Waals surface area contributed by atoms with Gasteiger partial charge in [-0.15, -0.1) is 11.3 Å². The maximum atomic E-state index is 12.8. The number of aliphatic carboxylic acids is 1. The van der Waals surface area contributed by atoms with Gasteiger partial charge >= 0.3 is 17.8 Å². The van der Waals surface area contributed by atoms with Crippen LogP contribution in [-0.2, 0) is 17.9 Å². The minimum Gasteiger partial charge on any atom is -0.475 e. The molecule has 0 bridgehead atoms. The number of carbonyl (C=O) groups is 1. The van der Waals surface area contributed by atoms with Gasteiger partial charge in [-0.1, -0.05) is 18.2 Å². The number of aryl methyl sites for hydroxylation is 1. The molecule has 0 amide bonds. The van der Waals surface area contributed by atoms with Crippen molar-refractivity contribution in [3.05, 3.63) is 91.7 Å². The highest BCUT2D eigenvalue weighted by Crippen LogP contribution is 2.25. The first-order valence-electron chi connectivity index (χ1n) is 10.7. The van der Waals surface area contributed by atoms with Gasteiger partial charge in [0.25, 0.3) is 11.6 Å². The van der Waals surface area contributed by atoms with Gasteiger partial charge in [0, 0.05) is 23.1 Å². The Hall–Kier alpha value is -4.11. The lowest BCUT2D eigenvalue weighted by molar-refractivity contribution is -0.192. The summed E-state index contributed by atoms with van der Waals surface area (Å²) < 4.78 is 61.3. The van der Waals surface area contributed by atoms with Gasteiger partial charge in [-0.3, -0.25) is 13.9 Å². The standard InChI is InChI=1S/C21H19F2N5O2S.C2HF3O2/c1-13-3-2-4-14-5-7-17(29)28(19(13)14)18-8-6-16(31-18)11-26-12-25-27(21(26)30)10-15(9-24)20(22)23;3-2(4,5)1(6)7/h2-8,12H,9-11,24H2,1H3;(H,6,7). The Balaban J connectivity index is 0.000000505. The molecule has 0 aliphatic heterocycles. The van der Waals surface area contributed by atoms with Crippen LogP contribution in [0, 0.1) is 6.92 Å². The van der Waals surface area contributed by atoms with Crippen LogP contribution in [0.2, 0.25) is 0 Å². The third-order valence-corrected chi connectivity index (χ3v) is 6.26. The first-order chi connectivity index (χ1) is 17.8. The summed E-state index contributed by atoms with van der Waals surface area (Å²) in [5.74, 6) is -2.76. The van der Waals surface area contributed by atoms with Gasteiger partial charge in [0.1, 0.15) is 11.3 Å². The van der Waals surface area contributed by atoms with E-state index in [0.717, 1.165) is 31.0 Å². The summed E-state index contributed by atoms with van der Waals surface area (Å²) >= 11 is 1.38. The topological polar surface area (TPSA) is 125 Å². The van der Waals surface area contributed by atoms with Crippen LogP contribution in [-0.4, -0.2) is 42.7 Å². The Morgan fingerprint density at radius 2 is 1.79 bits per heavy atom. The van der Waals surface area contributed by atoms with E-state index in [2.05, 4.69) is 5.10 Å². The van der Waals surface area contributed by atoms with Crippen molar-refractivity contribution in [2.75, 3.05) is 6.54 Å². The van der Waals surface area contributed by atoms with Gasteiger partial charge in [0.05, 0.1) is 18.6 Å². The number of benzene rings is 1. The number of thiophene rings is 1. The SMILES string of the molecule is Cc1cccc2ccc(=O)n(-c3ccc(Cn4cnn(CC(CN)=C(F)F)c4=O)s3)c12.O=C(O)C(F)(F)F. The maximum absolute atomic E-state index is 12.8. The van der Waals surface area contributed by atoms with Crippen molar-refractivity contribution in [1.82, 2.24) is 18.9 Å². The first-order valence-corrected chi connectivity index (χ1v) is 11.5. The van der Waals surface area contributed by atoms with Crippen LogP contribution < -0.4 is 17.0 Å². The molecule has 0 saturated carbocycles. The summed E-state index contributed by atoms with van der Waals surface area (Å²) in [6.07, 6.45) is -5.68. The van der Waals surface area contributed by atoms with Crippen LogP contribution in [0.15, 0.2) is 70.0 Å². The van der Waals surface area contributed by atoms with Crippen molar-refractivity contribution in [2.45, 2.75) is 26.2 Å². The molecule has 15 heteroatoms. The Morgan fingerprint density at radius 3 is 2.39 bits per heavy atom. The van der Waals surface area contributed by atoms with Crippen LogP contribution in [0.4, 0.5) is 22.0 Å². The van der Waals surface area contributed by atoms with Gasteiger partial charge in [-0.25, -0.2) is 14.3 Å². The van der Waals surface area contributed by atoms with Crippen LogP contribution >= 0.6 is 11.3 Å². The third kappa shape index (κ3) is 6.41. The number of halogens is 5. The first kappa shape index (κ1) is 28.5. The molecule has 0 radical (unpaired) electrons. The highest BCUT2D eigenvalue weighted by atomic mass is 32.1. The molecule has 3 N–H and O–H groups in total. The van der Waals surface area contributed by atoms with Crippen LogP contribution in [0.5, 0.6) is 0 Å². The van der Waals surface area contributed by atoms with Crippen molar-refractivity contribution >= 4 is 28.2 Å².